The zero-order valence-corrected chi connectivity index (χ0v) is 20.9. The van der Waals surface area contributed by atoms with Gasteiger partial charge in [0.2, 0.25) is 0 Å². The SMILES string of the molecule is CN(C)Cc1cnccc1-c1ccc(-c2ccc3c(C(N)=O)nn(-c4ccc(F)c(C#N)c4)c3c2F)c(F)c1. The first-order valence-corrected chi connectivity index (χ1v) is 11.8. The van der Waals surface area contributed by atoms with Crippen LogP contribution in [-0.2, 0) is 6.54 Å². The number of pyridine rings is 1. The molecule has 0 saturated heterocycles. The summed E-state index contributed by atoms with van der Waals surface area (Å²) < 4.78 is 46.6. The van der Waals surface area contributed by atoms with Crippen molar-refractivity contribution in [2.75, 3.05) is 14.1 Å². The van der Waals surface area contributed by atoms with Gasteiger partial charge in [-0.1, -0.05) is 18.2 Å². The number of carbonyl (C=O) groups excluding carboxylic acids is 1. The number of hydrogen-bond acceptors (Lipinski definition) is 5. The Hall–Kier alpha value is -5.01. The number of hydrogen-bond donors (Lipinski definition) is 1. The third-order valence-corrected chi connectivity index (χ3v) is 6.29. The summed E-state index contributed by atoms with van der Waals surface area (Å²) in [5.74, 6) is -3.19. The van der Waals surface area contributed by atoms with Gasteiger partial charge >= 0.3 is 0 Å². The average Bonchev–Trinajstić information content (AvgIpc) is 3.30. The summed E-state index contributed by atoms with van der Waals surface area (Å²) in [5, 5.41) is 13.5. The first kappa shape index (κ1) is 25.6. The van der Waals surface area contributed by atoms with Crippen LogP contribution in [0, 0.1) is 28.8 Å². The van der Waals surface area contributed by atoms with Crippen LogP contribution < -0.4 is 5.73 Å². The van der Waals surface area contributed by atoms with E-state index in [-0.39, 0.29) is 39.0 Å². The summed E-state index contributed by atoms with van der Waals surface area (Å²) in [5.41, 5.74) is 7.15. The minimum absolute atomic E-state index is 0.00781. The van der Waals surface area contributed by atoms with Gasteiger partial charge in [-0.2, -0.15) is 10.4 Å². The molecule has 2 N–H and O–H groups in total. The van der Waals surface area contributed by atoms with E-state index >= 15 is 8.78 Å². The van der Waals surface area contributed by atoms with Crippen molar-refractivity contribution in [3.8, 4) is 34.0 Å². The molecule has 0 aliphatic carbocycles. The number of halogens is 3. The van der Waals surface area contributed by atoms with Crippen molar-refractivity contribution in [2.24, 2.45) is 5.73 Å². The molecule has 0 aliphatic heterocycles. The molecular formula is C29H21F3N6O. The number of fused-ring (bicyclic) bond motifs is 1. The van der Waals surface area contributed by atoms with Crippen molar-refractivity contribution >= 4 is 16.8 Å². The highest BCUT2D eigenvalue weighted by Crippen LogP contribution is 2.35. The molecule has 1 amide bonds. The normalized spacial score (nSPS) is 11.2. The molecule has 39 heavy (non-hydrogen) atoms. The fraction of sp³-hybridized carbons (Fsp3) is 0.103. The molecule has 0 atom stereocenters. The Labute approximate surface area is 221 Å². The van der Waals surface area contributed by atoms with E-state index < -0.39 is 23.4 Å². The first-order valence-electron chi connectivity index (χ1n) is 11.8. The van der Waals surface area contributed by atoms with Crippen molar-refractivity contribution in [1.29, 1.82) is 5.26 Å². The summed E-state index contributed by atoms with van der Waals surface area (Å²) in [6.45, 7) is 0.598. The second kappa shape index (κ2) is 10.0. The maximum atomic E-state index is 16.1. The van der Waals surface area contributed by atoms with E-state index in [1.807, 2.05) is 19.0 Å². The number of aromatic nitrogens is 3. The molecule has 0 radical (unpaired) electrons. The Morgan fingerprint density at radius 2 is 1.77 bits per heavy atom. The molecule has 0 unspecified atom stereocenters. The van der Waals surface area contributed by atoms with Crippen LogP contribution in [0.1, 0.15) is 21.6 Å². The largest absolute Gasteiger partial charge is 0.364 e. The van der Waals surface area contributed by atoms with E-state index in [9.17, 15) is 14.4 Å². The molecule has 0 spiro atoms. The van der Waals surface area contributed by atoms with Crippen LogP contribution in [0.2, 0.25) is 0 Å². The van der Waals surface area contributed by atoms with Gasteiger partial charge in [0.1, 0.15) is 23.2 Å². The van der Waals surface area contributed by atoms with E-state index in [2.05, 4.69) is 10.1 Å². The molecular weight excluding hydrogens is 505 g/mol. The first-order chi connectivity index (χ1) is 18.7. The zero-order chi connectivity index (χ0) is 27.8. The van der Waals surface area contributed by atoms with E-state index in [1.54, 1.807) is 30.6 Å². The molecule has 2 aromatic heterocycles. The number of rotatable bonds is 6. The highest BCUT2D eigenvalue weighted by Gasteiger charge is 2.23. The Bertz CT molecular complexity index is 1810. The van der Waals surface area contributed by atoms with Gasteiger partial charge < -0.3 is 10.6 Å². The number of benzene rings is 3. The molecule has 7 nitrogen and oxygen atoms in total. The topological polar surface area (TPSA) is 101 Å². The molecule has 5 aromatic rings. The van der Waals surface area contributed by atoms with E-state index in [1.165, 1.54) is 36.4 Å². The summed E-state index contributed by atoms with van der Waals surface area (Å²) >= 11 is 0. The predicted octanol–water partition coefficient (Wildman–Crippen LogP) is 5.20. The smallest absolute Gasteiger partial charge is 0.269 e. The summed E-state index contributed by atoms with van der Waals surface area (Å²) in [6.07, 6.45) is 3.35. The molecule has 0 aliphatic rings. The number of amides is 1. The van der Waals surface area contributed by atoms with Crippen molar-refractivity contribution in [3.63, 3.8) is 0 Å². The monoisotopic (exact) mass is 526 g/mol. The molecule has 194 valence electrons. The molecule has 0 saturated carbocycles. The van der Waals surface area contributed by atoms with Crippen LogP contribution in [0.25, 0.3) is 38.8 Å². The number of nitrogens with zero attached hydrogens (tertiary/aromatic N) is 5. The zero-order valence-electron chi connectivity index (χ0n) is 20.9. The standard InChI is InChI=1S/C29H21F3N6O/c1-37(2)15-18-14-35-10-9-20(18)16-3-5-21(25(31)12-16)22-6-7-23-27(29(34)39)36-38(28(23)26(22)32)19-4-8-24(30)17(11-19)13-33/h3-12,14H,15H2,1-2H3,(H2,34,39). The Balaban J connectivity index is 1.67. The van der Waals surface area contributed by atoms with Crippen LogP contribution in [0.3, 0.4) is 0 Å². The minimum Gasteiger partial charge on any atom is -0.364 e. The highest BCUT2D eigenvalue weighted by atomic mass is 19.1. The van der Waals surface area contributed by atoms with Gasteiger partial charge in [0.25, 0.3) is 5.91 Å². The molecule has 0 fully saturated rings. The van der Waals surface area contributed by atoms with Gasteiger partial charge in [-0.3, -0.25) is 9.78 Å². The Morgan fingerprint density at radius 1 is 1.00 bits per heavy atom. The van der Waals surface area contributed by atoms with Gasteiger partial charge in [-0.25, -0.2) is 17.9 Å². The lowest BCUT2D eigenvalue weighted by molar-refractivity contribution is 0.0996. The average molecular weight is 527 g/mol. The van der Waals surface area contributed by atoms with Crippen molar-refractivity contribution in [1.82, 2.24) is 19.7 Å². The van der Waals surface area contributed by atoms with Crippen molar-refractivity contribution < 1.29 is 18.0 Å². The summed E-state index contributed by atoms with van der Waals surface area (Å²) in [6, 6.07) is 14.3. The van der Waals surface area contributed by atoms with E-state index in [4.69, 9.17) is 5.73 Å². The van der Waals surface area contributed by atoms with Crippen molar-refractivity contribution in [3.05, 3.63) is 101 Å². The lowest BCUT2D eigenvalue weighted by Crippen LogP contribution is -2.12. The number of nitriles is 1. The quantitative estimate of drug-likeness (QED) is 0.328. The molecule has 0 bridgehead atoms. The highest BCUT2D eigenvalue weighted by molar-refractivity contribution is 6.05. The van der Waals surface area contributed by atoms with Crippen LogP contribution in [0.5, 0.6) is 0 Å². The van der Waals surface area contributed by atoms with Gasteiger partial charge in [0.15, 0.2) is 11.5 Å². The van der Waals surface area contributed by atoms with Crippen LogP contribution in [0.4, 0.5) is 13.2 Å². The number of primary amides is 1. The fourth-order valence-corrected chi connectivity index (χ4v) is 4.55. The third-order valence-electron chi connectivity index (χ3n) is 6.29. The molecule has 3 aromatic carbocycles. The second-order valence-electron chi connectivity index (χ2n) is 9.19. The van der Waals surface area contributed by atoms with Crippen molar-refractivity contribution in [2.45, 2.75) is 6.54 Å². The van der Waals surface area contributed by atoms with Gasteiger partial charge in [0.05, 0.1) is 11.3 Å². The Kier molecular flexibility index (Phi) is 6.60. The fourth-order valence-electron chi connectivity index (χ4n) is 4.55. The van der Waals surface area contributed by atoms with Gasteiger partial charge in [-0.15, -0.1) is 0 Å². The van der Waals surface area contributed by atoms with Gasteiger partial charge in [-0.05, 0) is 67.2 Å². The molecule has 5 rings (SSSR count). The van der Waals surface area contributed by atoms with Crippen LogP contribution in [0.15, 0.2) is 67.0 Å². The maximum Gasteiger partial charge on any atom is 0.269 e. The molecule has 10 heteroatoms. The number of nitrogens with two attached hydrogens (primary N) is 1. The van der Waals surface area contributed by atoms with Crippen LogP contribution in [-0.4, -0.2) is 39.7 Å². The summed E-state index contributed by atoms with van der Waals surface area (Å²) in [7, 11) is 3.83. The lowest BCUT2D eigenvalue weighted by atomic mass is 9.96. The number of carbonyl (C=O) groups is 1. The third kappa shape index (κ3) is 4.60. The van der Waals surface area contributed by atoms with Gasteiger partial charge in [0, 0.05) is 35.5 Å². The summed E-state index contributed by atoms with van der Waals surface area (Å²) in [4.78, 5) is 18.2. The maximum absolute atomic E-state index is 16.1. The molecule has 2 heterocycles. The van der Waals surface area contributed by atoms with Crippen LogP contribution >= 0.6 is 0 Å². The Morgan fingerprint density at radius 3 is 2.46 bits per heavy atom. The predicted molar refractivity (Wildman–Crippen MR) is 140 cm³/mol. The minimum atomic E-state index is -0.907. The van der Waals surface area contributed by atoms with E-state index in [0.717, 1.165) is 21.9 Å². The second-order valence-corrected chi connectivity index (χ2v) is 9.19. The lowest BCUT2D eigenvalue weighted by Gasteiger charge is -2.15. The van der Waals surface area contributed by atoms with E-state index in [0.29, 0.717) is 12.1 Å².